The molecular formula is C10H11BrN2O2. The van der Waals surface area contributed by atoms with Gasteiger partial charge in [0, 0.05) is 24.6 Å². The van der Waals surface area contributed by atoms with Gasteiger partial charge < -0.3 is 4.90 Å². The van der Waals surface area contributed by atoms with Gasteiger partial charge in [-0.25, -0.2) is 0 Å². The summed E-state index contributed by atoms with van der Waals surface area (Å²) in [5.41, 5.74) is 1.83. The molecule has 0 unspecified atom stereocenters. The molecule has 15 heavy (non-hydrogen) atoms. The first kappa shape index (κ1) is 11.7. The van der Waals surface area contributed by atoms with Crippen LogP contribution in [0, 0.1) is 10.1 Å². The maximum atomic E-state index is 10.1. The molecule has 0 radical (unpaired) electrons. The van der Waals surface area contributed by atoms with Crippen molar-refractivity contribution in [3.8, 4) is 0 Å². The highest BCUT2D eigenvalue weighted by molar-refractivity contribution is 9.10. The van der Waals surface area contributed by atoms with Crippen LogP contribution in [0.4, 0.5) is 5.69 Å². The van der Waals surface area contributed by atoms with E-state index in [9.17, 15) is 10.1 Å². The van der Waals surface area contributed by atoms with E-state index >= 15 is 0 Å². The molecule has 1 rings (SSSR count). The highest BCUT2D eigenvalue weighted by atomic mass is 79.9. The molecule has 5 heteroatoms. The molecule has 0 atom stereocenters. The minimum absolute atomic E-state index is 0.478. The quantitative estimate of drug-likeness (QED) is 0.627. The monoisotopic (exact) mass is 270 g/mol. The number of nitrogens with zero attached hydrogens (tertiary/aromatic N) is 2. The standard InChI is InChI=1S/C10H11BrN2O2/c1-12(2)10-4-3-8(7-9(10)11)5-6-13(14)15/h3-7H,1-2H3. The highest BCUT2D eigenvalue weighted by Crippen LogP contribution is 2.26. The minimum atomic E-state index is -0.478. The first-order valence-electron chi connectivity index (χ1n) is 4.29. The van der Waals surface area contributed by atoms with E-state index in [2.05, 4.69) is 15.9 Å². The van der Waals surface area contributed by atoms with Crippen molar-refractivity contribution in [3.63, 3.8) is 0 Å². The fourth-order valence-electron chi connectivity index (χ4n) is 1.14. The van der Waals surface area contributed by atoms with Crippen molar-refractivity contribution < 1.29 is 4.92 Å². The Labute approximate surface area is 96.5 Å². The number of hydrogen-bond donors (Lipinski definition) is 0. The molecule has 0 N–H and O–H groups in total. The number of nitro groups is 1. The van der Waals surface area contributed by atoms with Crippen LogP contribution in [0.3, 0.4) is 0 Å². The number of rotatable bonds is 3. The van der Waals surface area contributed by atoms with E-state index < -0.39 is 4.92 Å². The molecular weight excluding hydrogens is 260 g/mol. The summed E-state index contributed by atoms with van der Waals surface area (Å²) in [7, 11) is 3.87. The largest absolute Gasteiger partial charge is 0.377 e. The molecule has 1 aromatic carbocycles. The molecule has 0 bridgehead atoms. The second kappa shape index (κ2) is 4.93. The Morgan fingerprint density at radius 2 is 2.13 bits per heavy atom. The van der Waals surface area contributed by atoms with Gasteiger partial charge >= 0.3 is 0 Å². The van der Waals surface area contributed by atoms with Crippen molar-refractivity contribution in [3.05, 3.63) is 44.5 Å². The molecule has 0 aliphatic carbocycles. The van der Waals surface area contributed by atoms with Gasteiger partial charge in [-0.05, 0) is 33.6 Å². The molecule has 0 fully saturated rings. The van der Waals surface area contributed by atoms with Gasteiger partial charge in [-0.2, -0.15) is 0 Å². The summed E-state index contributed by atoms with van der Waals surface area (Å²) in [6.45, 7) is 0. The van der Waals surface area contributed by atoms with E-state index in [4.69, 9.17) is 0 Å². The van der Waals surface area contributed by atoms with Crippen LogP contribution < -0.4 is 4.90 Å². The Hall–Kier alpha value is -1.36. The predicted octanol–water partition coefficient (Wildman–Crippen LogP) is 2.76. The first-order valence-corrected chi connectivity index (χ1v) is 5.08. The lowest BCUT2D eigenvalue weighted by molar-refractivity contribution is -0.400. The van der Waals surface area contributed by atoms with Crippen LogP contribution >= 0.6 is 15.9 Å². The number of anilines is 1. The Balaban J connectivity index is 2.96. The summed E-state index contributed by atoms with van der Waals surface area (Å²) in [6, 6.07) is 5.58. The van der Waals surface area contributed by atoms with Crippen molar-refractivity contribution in [1.29, 1.82) is 0 Å². The Bertz CT molecular complexity index is 402. The lowest BCUT2D eigenvalue weighted by Gasteiger charge is -2.14. The molecule has 80 valence electrons. The van der Waals surface area contributed by atoms with Crippen molar-refractivity contribution in [2.24, 2.45) is 0 Å². The van der Waals surface area contributed by atoms with Gasteiger partial charge in [0.2, 0.25) is 6.20 Å². The van der Waals surface area contributed by atoms with E-state index in [1.807, 2.05) is 37.2 Å². The van der Waals surface area contributed by atoms with Gasteiger partial charge in [0.05, 0.1) is 10.6 Å². The molecule has 0 aliphatic heterocycles. The summed E-state index contributed by atoms with van der Waals surface area (Å²) in [6.07, 6.45) is 2.39. The molecule has 0 aliphatic rings. The van der Waals surface area contributed by atoms with Crippen molar-refractivity contribution >= 4 is 27.7 Å². The summed E-state index contributed by atoms with van der Waals surface area (Å²) in [5.74, 6) is 0. The fourth-order valence-corrected chi connectivity index (χ4v) is 1.89. The average molecular weight is 271 g/mol. The third kappa shape index (κ3) is 3.36. The lowest BCUT2D eigenvalue weighted by Crippen LogP contribution is -2.09. The zero-order valence-electron chi connectivity index (χ0n) is 8.48. The number of halogens is 1. The van der Waals surface area contributed by atoms with Crippen LogP contribution in [0.25, 0.3) is 6.08 Å². The molecule has 0 amide bonds. The smallest absolute Gasteiger partial charge is 0.235 e. The normalized spacial score (nSPS) is 10.6. The SMILES string of the molecule is CN(C)c1ccc(C=C[N+](=O)[O-])cc1Br. The summed E-state index contributed by atoms with van der Waals surface area (Å²) in [4.78, 5) is 11.6. The first-order chi connectivity index (χ1) is 7.00. The van der Waals surface area contributed by atoms with Gasteiger partial charge in [0.25, 0.3) is 0 Å². The van der Waals surface area contributed by atoms with E-state index in [-0.39, 0.29) is 0 Å². The van der Waals surface area contributed by atoms with Crippen LogP contribution in [0.15, 0.2) is 28.9 Å². The zero-order chi connectivity index (χ0) is 11.4. The molecule has 4 nitrogen and oxygen atoms in total. The van der Waals surface area contributed by atoms with Crippen molar-refractivity contribution in [2.45, 2.75) is 0 Å². The fraction of sp³-hybridized carbons (Fsp3) is 0.200. The zero-order valence-corrected chi connectivity index (χ0v) is 10.1. The summed E-state index contributed by atoms with van der Waals surface area (Å²) >= 11 is 3.41. The third-order valence-electron chi connectivity index (χ3n) is 1.84. The maximum absolute atomic E-state index is 10.1. The maximum Gasteiger partial charge on any atom is 0.235 e. The van der Waals surface area contributed by atoms with Gasteiger partial charge in [-0.3, -0.25) is 10.1 Å². The van der Waals surface area contributed by atoms with E-state index in [1.165, 1.54) is 6.08 Å². The second-order valence-electron chi connectivity index (χ2n) is 3.21. The van der Waals surface area contributed by atoms with Crippen LogP contribution in [-0.4, -0.2) is 19.0 Å². The molecule has 0 saturated heterocycles. The molecule has 0 saturated carbocycles. The van der Waals surface area contributed by atoms with E-state index in [1.54, 1.807) is 0 Å². The van der Waals surface area contributed by atoms with Gasteiger partial charge in [-0.1, -0.05) is 6.07 Å². The summed E-state index contributed by atoms with van der Waals surface area (Å²) < 4.78 is 0.915. The van der Waals surface area contributed by atoms with Gasteiger partial charge in [0.1, 0.15) is 0 Å². The van der Waals surface area contributed by atoms with E-state index in [0.29, 0.717) is 0 Å². The Morgan fingerprint density at radius 3 is 2.60 bits per heavy atom. The second-order valence-corrected chi connectivity index (χ2v) is 4.06. The van der Waals surface area contributed by atoms with Gasteiger partial charge in [-0.15, -0.1) is 0 Å². The summed E-state index contributed by atoms with van der Waals surface area (Å²) in [5, 5.41) is 10.1. The molecule has 0 heterocycles. The Morgan fingerprint density at radius 1 is 1.47 bits per heavy atom. The Kier molecular flexibility index (Phi) is 3.85. The van der Waals surface area contributed by atoms with Crippen molar-refractivity contribution in [1.82, 2.24) is 0 Å². The lowest BCUT2D eigenvalue weighted by atomic mass is 10.2. The topological polar surface area (TPSA) is 46.4 Å². The molecule has 0 aromatic heterocycles. The average Bonchev–Trinajstić information content (AvgIpc) is 2.14. The van der Waals surface area contributed by atoms with Gasteiger partial charge in [0.15, 0.2) is 0 Å². The van der Waals surface area contributed by atoms with Crippen molar-refractivity contribution in [2.75, 3.05) is 19.0 Å². The number of hydrogen-bond acceptors (Lipinski definition) is 3. The van der Waals surface area contributed by atoms with Crippen LogP contribution in [0.1, 0.15) is 5.56 Å². The number of benzene rings is 1. The molecule has 1 aromatic rings. The van der Waals surface area contributed by atoms with Crippen LogP contribution in [-0.2, 0) is 0 Å². The highest BCUT2D eigenvalue weighted by Gasteiger charge is 2.02. The van der Waals surface area contributed by atoms with Crippen LogP contribution in [0.2, 0.25) is 0 Å². The molecule has 0 spiro atoms. The predicted molar refractivity (Wildman–Crippen MR) is 64.5 cm³/mol. The van der Waals surface area contributed by atoms with E-state index in [0.717, 1.165) is 21.9 Å². The minimum Gasteiger partial charge on any atom is -0.377 e. The third-order valence-corrected chi connectivity index (χ3v) is 2.48. The van der Waals surface area contributed by atoms with Crippen LogP contribution in [0.5, 0.6) is 0 Å².